The Morgan fingerprint density at radius 3 is 2.44 bits per heavy atom. The Morgan fingerprint density at radius 2 is 1.74 bits per heavy atom. The number of benzene rings is 1. The summed E-state index contributed by atoms with van der Waals surface area (Å²) in [5, 5.41) is 5.38. The second-order valence-corrected chi connectivity index (χ2v) is 6.38. The van der Waals surface area contributed by atoms with Gasteiger partial charge in [-0.3, -0.25) is 14.5 Å². The first kappa shape index (κ1) is 19.1. The first-order valence-corrected chi connectivity index (χ1v) is 9.19. The largest absolute Gasteiger partial charge is 0.468 e. The van der Waals surface area contributed by atoms with E-state index in [4.69, 9.17) is 9.15 Å². The van der Waals surface area contributed by atoms with E-state index in [1.54, 1.807) is 6.26 Å². The van der Waals surface area contributed by atoms with Crippen molar-refractivity contribution in [1.82, 2.24) is 15.5 Å². The molecule has 3 rings (SSSR count). The highest BCUT2D eigenvalue weighted by atomic mass is 16.5. The predicted molar refractivity (Wildman–Crippen MR) is 100 cm³/mol. The van der Waals surface area contributed by atoms with Gasteiger partial charge >= 0.3 is 11.8 Å². The Bertz CT molecular complexity index is 712. The van der Waals surface area contributed by atoms with Gasteiger partial charge in [0.05, 0.1) is 25.5 Å². The number of nitrogens with one attached hydrogen (secondary N) is 2. The second-order valence-electron chi connectivity index (χ2n) is 6.38. The lowest BCUT2D eigenvalue weighted by atomic mass is 10.1. The smallest absolute Gasteiger partial charge is 0.309 e. The zero-order valence-electron chi connectivity index (χ0n) is 15.2. The quantitative estimate of drug-likeness (QED) is 0.713. The van der Waals surface area contributed by atoms with E-state index in [1.165, 1.54) is 0 Å². The van der Waals surface area contributed by atoms with E-state index < -0.39 is 11.8 Å². The maximum absolute atomic E-state index is 12.1. The van der Waals surface area contributed by atoms with Gasteiger partial charge in [0.15, 0.2) is 0 Å². The van der Waals surface area contributed by atoms with Crippen molar-refractivity contribution in [3.05, 3.63) is 60.1 Å². The molecule has 1 atom stereocenters. The normalized spacial score (nSPS) is 15.9. The lowest BCUT2D eigenvalue weighted by Crippen LogP contribution is -2.46. The lowest BCUT2D eigenvalue weighted by Gasteiger charge is -2.33. The molecule has 0 bridgehead atoms. The number of hydrogen-bond donors (Lipinski definition) is 2. The summed E-state index contributed by atoms with van der Waals surface area (Å²) in [5.41, 5.74) is 1.11. The molecule has 7 nitrogen and oxygen atoms in total. The molecule has 1 aromatic heterocycles. The summed E-state index contributed by atoms with van der Waals surface area (Å²) in [6.07, 6.45) is 2.30. The number of amides is 2. The van der Waals surface area contributed by atoms with E-state index in [9.17, 15) is 9.59 Å². The number of nitrogens with zero attached hydrogens (tertiary/aromatic N) is 1. The molecule has 1 fully saturated rings. The van der Waals surface area contributed by atoms with Gasteiger partial charge in [0.2, 0.25) is 0 Å². The fourth-order valence-corrected chi connectivity index (χ4v) is 3.09. The molecule has 1 unspecified atom stereocenters. The molecule has 2 amide bonds. The average Bonchev–Trinajstić information content (AvgIpc) is 3.24. The van der Waals surface area contributed by atoms with Gasteiger partial charge in [-0.25, -0.2) is 0 Å². The zero-order chi connectivity index (χ0) is 18.9. The van der Waals surface area contributed by atoms with Crippen molar-refractivity contribution in [1.29, 1.82) is 0 Å². The van der Waals surface area contributed by atoms with Gasteiger partial charge in [-0.15, -0.1) is 0 Å². The van der Waals surface area contributed by atoms with Gasteiger partial charge in [0.25, 0.3) is 0 Å². The molecule has 0 radical (unpaired) electrons. The van der Waals surface area contributed by atoms with Crippen molar-refractivity contribution < 1.29 is 18.7 Å². The maximum Gasteiger partial charge on any atom is 0.309 e. The summed E-state index contributed by atoms with van der Waals surface area (Å²) in [4.78, 5) is 26.4. The number of hydrogen-bond acceptors (Lipinski definition) is 5. The summed E-state index contributed by atoms with van der Waals surface area (Å²) < 4.78 is 10.9. The van der Waals surface area contributed by atoms with Crippen LogP contribution in [0.15, 0.2) is 53.1 Å². The number of carbonyl (C=O) groups is 2. The van der Waals surface area contributed by atoms with E-state index in [1.807, 2.05) is 42.5 Å². The highest BCUT2D eigenvalue weighted by Crippen LogP contribution is 2.21. The Balaban J connectivity index is 1.47. The average molecular weight is 371 g/mol. The fraction of sp³-hybridized carbons (Fsp3) is 0.400. The van der Waals surface area contributed by atoms with Crippen LogP contribution in [0, 0.1) is 0 Å². The molecule has 27 heavy (non-hydrogen) atoms. The third-order valence-corrected chi connectivity index (χ3v) is 4.56. The van der Waals surface area contributed by atoms with E-state index >= 15 is 0 Å². The molecule has 2 heterocycles. The Morgan fingerprint density at radius 1 is 1.00 bits per heavy atom. The highest BCUT2D eigenvalue weighted by Gasteiger charge is 2.26. The standard InChI is InChI=1S/C20H25N3O4/c24-19(21-9-8-16-5-2-1-3-6-16)20(25)22-15-17(18-7-4-12-27-18)23-10-13-26-14-11-23/h1-7,12,17H,8-11,13-15H2,(H,21,24)(H,22,25). The molecule has 0 saturated carbocycles. The van der Waals surface area contributed by atoms with Crippen molar-refractivity contribution in [2.45, 2.75) is 12.5 Å². The van der Waals surface area contributed by atoms with E-state index in [0.717, 1.165) is 24.4 Å². The van der Waals surface area contributed by atoms with E-state index in [2.05, 4.69) is 15.5 Å². The van der Waals surface area contributed by atoms with Crippen molar-refractivity contribution in [2.75, 3.05) is 39.4 Å². The molecule has 0 spiro atoms. The Kier molecular flexibility index (Phi) is 7.01. The SMILES string of the molecule is O=C(NCCc1ccccc1)C(=O)NCC(c1ccco1)N1CCOCC1. The maximum atomic E-state index is 12.1. The number of rotatable bonds is 7. The third-order valence-electron chi connectivity index (χ3n) is 4.56. The van der Waals surface area contributed by atoms with Crippen LogP contribution < -0.4 is 10.6 Å². The molecule has 1 aromatic carbocycles. The summed E-state index contributed by atoms with van der Waals surface area (Å²) in [5.74, 6) is -0.485. The van der Waals surface area contributed by atoms with Crippen LogP contribution in [0.2, 0.25) is 0 Å². The summed E-state index contributed by atoms with van der Waals surface area (Å²) in [7, 11) is 0. The molecule has 1 aliphatic heterocycles. The Labute approximate surface area is 158 Å². The van der Waals surface area contributed by atoms with Gasteiger partial charge in [0.1, 0.15) is 5.76 Å². The van der Waals surface area contributed by atoms with Gasteiger partial charge in [0, 0.05) is 26.2 Å². The molecule has 1 saturated heterocycles. The van der Waals surface area contributed by atoms with Gasteiger partial charge in [-0.2, -0.15) is 0 Å². The van der Waals surface area contributed by atoms with Gasteiger partial charge in [-0.05, 0) is 24.1 Å². The number of morpholine rings is 1. The topological polar surface area (TPSA) is 83.8 Å². The zero-order valence-corrected chi connectivity index (χ0v) is 15.2. The highest BCUT2D eigenvalue weighted by molar-refractivity contribution is 6.35. The molecule has 144 valence electrons. The van der Waals surface area contributed by atoms with Crippen LogP contribution in [0.3, 0.4) is 0 Å². The molecular formula is C20H25N3O4. The minimum absolute atomic E-state index is 0.120. The minimum Gasteiger partial charge on any atom is -0.468 e. The molecule has 2 N–H and O–H groups in total. The lowest BCUT2D eigenvalue weighted by molar-refractivity contribution is -0.139. The molecular weight excluding hydrogens is 346 g/mol. The van der Waals surface area contributed by atoms with Crippen molar-refractivity contribution in [3.8, 4) is 0 Å². The first-order chi connectivity index (χ1) is 13.2. The molecule has 1 aliphatic rings. The predicted octanol–water partition coefficient (Wildman–Crippen LogP) is 1.13. The van der Waals surface area contributed by atoms with Crippen LogP contribution in [-0.4, -0.2) is 56.1 Å². The van der Waals surface area contributed by atoms with Gasteiger partial charge < -0.3 is 19.8 Å². The number of furan rings is 1. The fourth-order valence-electron chi connectivity index (χ4n) is 3.09. The van der Waals surface area contributed by atoms with Crippen LogP contribution in [0.1, 0.15) is 17.4 Å². The summed E-state index contributed by atoms with van der Waals surface area (Å²) >= 11 is 0. The molecule has 2 aromatic rings. The minimum atomic E-state index is -0.632. The van der Waals surface area contributed by atoms with Crippen LogP contribution in [0.4, 0.5) is 0 Å². The monoisotopic (exact) mass is 371 g/mol. The van der Waals surface area contributed by atoms with Crippen molar-refractivity contribution >= 4 is 11.8 Å². The van der Waals surface area contributed by atoms with E-state index in [0.29, 0.717) is 32.7 Å². The number of ether oxygens (including phenoxy) is 1. The third kappa shape index (κ3) is 5.67. The Hall–Kier alpha value is -2.64. The molecule has 7 heteroatoms. The second kappa shape index (κ2) is 9.89. The summed E-state index contributed by atoms with van der Waals surface area (Å²) in [6, 6.07) is 13.4. The van der Waals surface area contributed by atoms with Crippen molar-refractivity contribution in [3.63, 3.8) is 0 Å². The van der Waals surface area contributed by atoms with E-state index in [-0.39, 0.29) is 6.04 Å². The van der Waals surface area contributed by atoms with Gasteiger partial charge in [-0.1, -0.05) is 30.3 Å². The van der Waals surface area contributed by atoms with Crippen LogP contribution in [-0.2, 0) is 20.7 Å². The summed E-state index contributed by atoms with van der Waals surface area (Å²) in [6.45, 7) is 3.52. The van der Waals surface area contributed by atoms with Crippen LogP contribution in [0.5, 0.6) is 0 Å². The van der Waals surface area contributed by atoms with Crippen LogP contribution in [0.25, 0.3) is 0 Å². The van der Waals surface area contributed by atoms with Crippen molar-refractivity contribution in [2.24, 2.45) is 0 Å². The number of carbonyl (C=O) groups excluding carboxylic acids is 2. The first-order valence-electron chi connectivity index (χ1n) is 9.19. The molecule has 0 aliphatic carbocycles. The van der Waals surface area contributed by atoms with Crippen LogP contribution >= 0.6 is 0 Å².